The third kappa shape index (κ3) is 3.93. The van der Waals surface area contributed by atoms with Crippen molar-refractivity contribution in [2.45, 2.75) is 43.4 Å². The molecule has 100 valence electrons. The van der Waals surface area contributed by atoms with Crippen LogP contribution in [0, 0.1) is 5.82 Å². The van der Waals surface area contributed by atoms with E-state index < -0.39 is 0 Å². The van der Waals surface area contributed by atoms with Crippen molar-refractivity contribution in [1.82, 2.24) is 10.4 Å². The number of thioether (sulfide) groups is 1. The summed E-state index contributed by atoms with van der Waals surface area (Å²) in [6.07, 6.45) is 9.51. The molecule has 5 heteroatoms. The molecule has 0 radical (unpaired) electrons. The van der Waals surface area contributed by atoms with E-state index in [0.29, 0.717) is 0 Å². The first kappa shape index (κ1) is 13.8. The lowest BCUT2D eigenvalue weighted by atomic mass is 10.0. The number of hydrazine groups is 1. The van der Waals surface area contributed by atoms with Crippen molar-refractivity contribution in [3.63, 3.8) is 0 Å². The summed E-state index contributed by atoms with van der Waals surface area (Å²) in [5.74, 6) is 6.11. The van der Waals surface area contributed by atoms with Gasteiger partial charge in [0.25, 0.3) is 0 Å². The molecular formula is C13H20FN3S. The van der Waals surface area contributed by atoms with E-state index in [4.69, 9.17) is 5.84 Å². The monoisotopic (exact) mass is 269 g/mol. The summed E-state index contributed by atoms with van der Waals surface area (Å²) in [5.41, 5.74) is 3.58. The largest absolute Gasteiger partial charge is 0.271 e. The standard InChI is InChI=1S/C13H20FN3S/c14-11-6-10(7-16-8-11)13(17-15)9-18-12-4-2-1-3-5-12/h6-8,12-13,17H,1-5,9,15H2. The Hall–Kier alpha value is -0.650. The minimum Gasteiger partial charge on any atom is -0.271 e. The lowest BCUT2D eigenvalue weighted by molar-refractivity contribution is 0.514. The quantitative estimate of drug-likeness (QED) is 0.637. The lowest BCUT2D eigenvalue weighted by Gasteiger charge is -2.23. The lowest BCUT2D eigenvalue weighted by Crippen LogP contribution is -2.30. The Labute approximate surface area is 112 Å². The fourth-order valence-corrected chi connectivity index (χ4v) is 3.74. The molecule has 0 aliphatic heterocycles. The number of rotatable bonds is 5. The minimum atomic E-state index is -0.310. The van der Waals surface area contributed by atoms with Crippen molar-refractivity contribution >= 4 is 11.8 Å². The highest BCUT2D eigenvalue weighted by molar-refractivity contribution is 7.99. The first-order chi connectivity index (χ1) is 8.79. The van der Waals surface area contributed by atoms with Crippen molar-refractivity contribution in [1.29, 1.82) is 0 Å². The van der Waals surface area contributed by atoms with Crippen LogP contribution in [-0.4, -0.2) is 16.0 Å². The summed E-state index contributed by atoms with van der Waals surface area (Å²) in [4.78, 5) is 3.87. The Morgan fingerprint density at radius 2 is 2.17 bits per heavy atom. The first-order valence-corrected chi connectivity index (χ1v) is 7.52. The van der Waals surface area contributed by atoms with E-state index in [2.05, 4.69) is 10.4 Å². The van der Waals surface area contributed by atoms with Crippen LogP contribution in [0.5, 0.6) is 0 Å². The molecule has 2 rings (SSSR count). The maximum absolute atomic E-state index is 13.1. The zero-order valence-corrected chi connectivity index (χ0v) is 11.3. The number of nitrogens with zero attached hydrogens (tertiary/aromatic N) is 1. The van der Waals surface area contributed by atoms with Crippen LogP contribution in [-0.2, 0) is 0 Å². The molecule has 1 atom stereocenters. The summed E-state index contributed by atoms with van der Waals surface area (Å²) in [7, 11) is 0. The Balaban J connectivity index is 1.88. The van der Waals surface area contributed by atoms with Gasteiger partial charge in [0.05, 0.1) is 12.2 Å². The minimum absolute atomic E-state index is 0.0277. The van der Waals surface area contributed by atoms with Gasteiger partial charge in [0.1, 0.15) is 5.82 Å². The van der Waals surface area contributed by atoms with Crippen LogP contribution in [0.15, 0.2) is 18.5 Å². The van der Waals surface area contributed by atoms with E-state index in [1.54, 1.807) is 6.20 Å². The molecule has 1 unspecified atom stereocenters. The number of aromatic nitrogens is 1. The second-order valence-electron chi connectivity index (χ2n) is 4.75. The van der Waals surface area contributed by atoms with Crippen LogP contribution in [0.25, 0.3) is 0 Å². The van der Waals surface area contributed by atoms with E-state index >= 15 is 0 Å². The third-order valence-corrected chi connectivity index (χ3v) is 4.85. The molecule has 1 aliphatic rings. The van der Waals surface area contributed by atoms with Crippen molar-refractivity contribution in [3.8, 4) is 0 Å². The number of nitrogens with two attached hydrogens (primary N) is 1. The van der Waals surface area contributed by atoms with Gasteiger partial charge in [-0.15, -0.1) is 0 Å². The number of pyridine rings is 1. The highest BCUT2D eigenvalue weighted by Crippen LogP contribution is 2.30. The van der Waals surface area contributed by atoms with Crippen molar-refractivity contribution in [2.75, 3.05) is 5.75 Å². The Morgan fingerprint density at radius 3 is 2.83 bits per heavy atom. The summed E-state index contributed by atoms with van der Waals surface area (Å²) < 4.78 is 13.1. The second kappa shape index (κ2) is 7.07. The van der Waals surface area contributed by atoms with E-state index in [1.807, 2.05) is 11.8 Å². The van der Waals surface area contributed by atoms with E-state index in [1.165, 1.54) is 44.4 Å². The van der Waals surface area contributed by atoms with Crippen molar-refractivity contribution < 1.29 is 4.39 Å². The van der Waals surface area contributed by atoms with Gasteiger partial charge >= 0.3 is 0 Å². The van der Waals surface area contributed by atoms with Gasteiger partial charge in [-0.2, -0.15) is 11.8 Å². The molecule has 1 aliphatic carbocycles. The van der Waals surface area contributed by atoms with Gasteiger partial charge in [0, 0.05) is 17.2 Å². The van der Waals surface area contributed by atoms with Crippen LogP contribution in [0.1, 0.15) is 43.7 Å². The number of hydrogen-bond acceptors (Lipinski definition) is 4. The van der Waals surface area contributed by atoms with Gasteiger partial charge in [-0.25, -0.2) is 4.39 Å². The molecule has 0 bridgehead atoms. The molecule has 3 nitrogen and oxygen atoms in total. The van der Waals surface area contributed by atoms with Crippen LogP contribution < -0.4 is 11.3 Å². The smallest absolute Gasteiger partial charge is 0.141 e. The predicted octanol–water partition coefficient (Wildman–Crippen LogP) is 2.79. The number of halogens is 1. The zero-order chi connectivity index (χ0) is 12.8. The molecule has 3 N–H and O–H groups in total. The summed E-state index contributed by atoms with van der Waals surface area (Å²) in [5, 5.41) is 0.733. The van der Waals surface area contributed by atoms with Crippen LogP contribution in [0.3, 0.4) is 0 Å². The Morgan fingerprint density at radius 1 is 1.39 bits per heavy atom. The fraction of sp³-hybridized carbons (Fsp3) is 0.615. The van der Waals surface area contributed by atoms with E-state index in [-0.39, 0.29) is 11.9 Å². The molecular weight excluding hydrogens is 249 g/mol. The third-order valence-electron chi connectivity index (χ3n) is 3.38. The summed E-state index contributed by atoms with van der Waals surface area (Å²) in [6, 6.07) is 1.47. The van der Waals surface area contributed by atoms with E-state index in [9.17, 15) is 4.39 Å². The van der Waals surface area contributed by atoms with Gasteiger partial charge in [0.2, 0.25) is 0 Å². The summed E-state index contributed by atoms with van der Waals surface area (Å²) >= 11 is 1.94. The topological polar surface area (TPSA) is 50.9 Å². The highest BCUT2D eigenvalue weighted by Gasteiger charge is 2.17. The molecule has 1 heterocycles. The maximum atomic E-state index is 13.1. The molecule has 1 fully saturated rings. The van der Waals surface area contributed by atoms with Crippen LogP contribution in [0.2, 0.25) is 0 Å². The molecule has 1 aromatic heterocycles. The maximum Gasteiger partial charge on any atom is 0.141 e. The molecule has 0 spiro atoms. The van der Waals surface area contributed by atoms with Crippen LogP contribution >= 0.6 is 11.8 Å². The number of nitrogens with one attached hydrogen (secondary N) is 1. The fourth-order valence-electron chi connectivity index (χ4n) is 2.32. The first-order valence-electron chi connectivity index (χ1n) is 6.48. The van der Waals surface area contributed by atoms with Gasteiger partial charge in [-0.3, -0.25) is 16.3 Å². The molecule has 1 saturated carbocycles. The normalized spacial score (nSPS) is 18.8. The molecule has 0 saturated heterocycles. The number of hydrogen-bond donors (Lipinski definition) is 2. The van der Waals surface area contributed by atoms with Gasteiger partial charge < -0.3 is 0 Å². The summed E-state index contributed by atoms with van der Waals surface area (Å²) in [6.45, 7) is 0. The van der Waals surface area contributed by atoms with Crippen LogP contribution in [0.4, 0.5) is 4.39 Å². The average Bonchev–Trinajstić information content (AvgIpc) is 2.41. The van der Waals surface area contributed by atoms with Gasteiger partial charge in [0.15, 0.2) is 0 Å². The van der Waals surface area contributed by atoms with Crippen molar-refractivity contribution in [3.05, 3.63) is 29.8 Å². The van der Waals surface area contributed by atoms with Gasteiger partial charge in [-0.05, 0) is 24.5 Å². The van der Waals surface area contributed by atoms with E-state index in [0.717, 1.165) is 16.6 Å². The van der Waals surface area contributed by atoms with Gasteiger partial charge in [-0.1, -0.05) is 19.3 Å². The predicted molar refractivity (Wildman–Crippen MR) is 73.6 cm³/mol. The average molecular weight is 269 g/mol. The highest BCUT2D eigenvalue weighted by atomic mass is 32.2. The molecule has 1 aromatic rings. The SMILES string of the molecule is NNC(CSC1CCCCC1)c1cncc(F)c1. The second-order valence-corrected chi connectivity index (χ2v) is 6.08. The molecule has 0 aromatic carbocycles. The Bertz CT molecular complexity index is 369. The molecule has 0 amide bonds. The van der Waals surface area contributed by atoms with Crippen molar-refractivity contribution in [2.24, 2.45) is 5.84 Å². The zero-order valence-electron chi connectivity index (χ0n) is 10.4. The molecule has 18 heavy (non-hydrogen) atoms. The Kier molecular flexibility index (Phi) is 5.41.